The van der Waals surface area contributed by atoms with E-state index >= 15 is 0 Å². The number of ether oxygens (including phenoxy) is 2. The molecule has 1 unspecified atom stereocenters. The molecule has 0 saturated carbocycles. The first-order valence-corrected chi connectivity index (χ1v) is 9.06. The first-order valence-electron chi connectivity index (χ1n) is 9.06. The second-order valence-corrected chi connectivity index (χ2v) is 6.26. The Morgan fingerprint density at radius 2 is 2.11 bits per heavy atom. The van der Waals surface area contributed by atoms with Gasteiger partial charge >= 0.3 is 0 Å². The summed E-state index contributed by atoms with van der Waals surface area (Å²) >= 11 is 0. The number of aromatic nitrogens is 1. The average Bonchev–Trinajstić information content (AvgIpc) is 2.69. The summed E-state index contributed by atoms with van der Waals surface area (Å²) in [6, 6.07) is 9.30. The van der Waals surface area contributed by atoms with Gasteiger partial charge in [0.15, 0.2) is 11.5 Å². The van der Waals surface area contributed by atoms with E-state index in [9.17, 15) is 4.79 Å². The van der Waals surface area contributed by atoms with Crippen LogP contribution in [0.4, 0.5) is 0 Å². The van der Waals surface area contributed by atoms with Gasteiger partial charge in [-0.2, -0.15) is 0 Å². The summed E-state index contributed by atoms with van der Waals surface area (Å²) in [4.78, 5) is 16.6. The second-order valence-electron chi connectivity index (χ2n) is 6.26. The number of nitrogens with one attached hydrogen (secondary N) is 2. The summed E-state index contributed by atoms with van der Waals surface area (Å²) in [6.07, 6.45) is 5.57. The third kappa shape index (κ3) is 6.86. The molecule has 6 nitrogen and oxygen atoms in total. The minimum Gasteiger partial charge on any atom is -0.490 e. The fourth-order valence-electron chi connectivity index (χ4n) is 2.93. The summed E-state index contributed by atoms with van der Waals surface area (Å²) in [5, 5.41) is 6.38. The molecule has 3 rings (SSSR count). The lowest BCUT2D eigenvalue weighted by atomic mass is 10.1. The molecule has 0 aliphatic carbocycles. The highest BCUT2D eigenvalue weighted by atomic mass is 35.5. The van der Waals surface area contributed by atoms with Crippen molar-refractivity contribution >= 4 is 30.7 Å². The third-order valence-electron chi connectivity index (χ3n) is 4.25. The van der Waals surface area contributed by atoms with Crippen molar-refractivity contribution in [3.63, 3.8) is 0 Å². The number of nitrogens with zero attached hydrogens (tertiary/aromatic N) is 1. The van der Waals surface area contributed by atoms with Gasteiger partial charge in [-0.25, -0.2) is 0 Å². The van der Waals surface area contributed by atoms with Crippen LogP contribution in [0.25, 0.3) is 0 Å². The van der Waals surface area contributed by atoms with Gasteiger partial charge in [-0.3, -0.25) is 9.78 Å². The number of carbonyl (C=O) groups excluding carboxylic acids is 1. The summed E-state index contributed by atoms with van der Waals surface area (Å²) in [5.41, 5.74) is 1.55. The lowest BCUT2D eigenvalue weighted by Crippen LogP contribution is -2.45. The van der Waals surface area contributed by atoms with Crippen LogP contribution < -0.4 is 20.1 Å². The van der Waals surface area contributed by atoms with Gasteiger partial charge < -0.3 is 20.1 Å². The Morgan fingerprint density at radius 1 is 1.25 bits per heavy atom. The van der Waals surface area contributed by atoms with Crippen LogP contribution in [0.15, 0.2) is 42.7 Å². The molecular weight excluding hydrogens is 401 g/mol. The van der Waals surface area contributed by atoms with Crippen molar-refractivity contribution in [1.82, 2.24) is 15.6 Å². The number of rotatable bonds is 7. The van der Waals surface area contributed by atoms with Crippen LogP contribution >= 0.6 is 24.8 Å². The maximum Gasteiger partial charge on any atom is 0.251 e. The molecule has 1 fully saturated rings. The Labute approximate surface area is 178 Å². The Bertz CT molecular complexity index is 726. The highest BCUT2D eigenvalue weighted by molar-refractivity contribution is 5.95. The number of carbonyl (C=O) groups is 1. The molecule has 2 aromatic rings. The second kappa shape index (κ2) is 12.4. The van der Waals surface area contributed by atoms with E-state index in [1.165, 1.54) is 0 Å². The van der Waals surface area contributed by atoms with Gasteiger partial charge in [-0.1, -0.05) is 6.07 Å². The molecule has 0 radical (unpaired) electrons. The van der Waals surface area contributed by atoms with Crippen molar-refractivity contribution in [2.45, 2.75) is 32.4 Å². The van der Waals surface area contributed by atoms with Crippen LogP contribution in [-0.4, -0.2) is 36.6 Å². The van der Waals surface area contributed by atoms with E-state index in [2.05, 4.69) is 15.6 Å². The number of hydrogen-bond donors (Lipinski definition) is 2. The Balaban J connectivity index is 0.00000196. The van der Waals surface area contributed by atoms with Gasteiger partial charge in [-0.15, -0.1) is 24.8 Å². The lowest BCUT2D eigenvalue weighted by Gasteiger charge is -2.24. The highest BCUT2D eigenvalue weighted by Gasteiger charge is 2.18. The van der Waals surface area contributed by atoms with E-state index in [1.54, 1.807) is 30.6 Å². The molecule has 0 spiro atoms. The maximum atomic E-state index is 12.5. The van der Waals surface area contributed by atoms with E-state index < -0.39 is 0 Å². The van der Waals surface area contributed by atoms with Crippen molar-refractivity contribution in [2.24, 2.45) is 0 Å². The fraction of sp³-hybridized carbons (Fsp3) is 0.400. The number of amides is 1. The summed E-state index contributed by atoms with van der Waals surface area (Å²) in [7, 11) is 0. The third-order valence-corrected chi connectivity index (χ3v) is 4.25. The van der Waals surface area contributed by atoms with Crippen molar-refractivity contribution in [1.29, 1.82) is 0 Å². The zero-order valence-corrected chi connectivity index (χ0v) is 17.5. The molecular formula is C20H27Cl2N3O3. The largest absolute Gasteiger partial charge is 0.490 e. The van der Waals surface area contributed by atoms with Crippen LogP contribution in [0, 0.1) is 0 Å². The topological polar surface area (TPSA) is 72.5 Å². The molecule has 1 aromatic heterocycles. The van der Waals surface area contributed by atoms with Crippen LogP contribution in [0.3, 0.4) is 0 Å². The summed E-state index contributed by atoms with van der Waals surface area (Å²) < 4.78 is 11.5. The number of benzene rings is 1. The fourth-order valence-corrected chi connectivity index (χ4v) is 2.93. The number of piperidine rings is 1. The van der Waals surface area contributed by atoms with Gasteiger partial charge in [0.25, 0.3) is 5.91 Å². The van der Waals surface area contributed by atoms with E-state index in [-0.39, 0.29) is 36.8 Å². The minimum atomic E-state index is -0.0848. The molecule has 154 valence electrons. The minimum absolute atomic E-state index is 0. The predicted molar refractivity (Wildman–Crippen MR) is 114 cm³/mol. The number of pyridine rings is 1. The summed E-state index contributed by atoms with van der Waals surface area (Å²) in [6.45, 7) is 4.64. The molecule has 1 aromatic carbocycles. The SMILES string of the molecule is CCOc1cc(C(=O)NC2CCCNC2)ccc1OCc1cccnc1.Cl.Cl. The molecule has 1 aliphatic heterocycles. The monoisotopic (exact) mass is 427 g/mol. The standard InChI is InChI=1S/C20H25N3O3.2ClH/c1-2-25-19-11-16(20(24)23-17-6-4-10-22-13-17)7-8-18(19)26-14-15-5-3-9-21-12-15;;/h3,5,7-9,11-12,17,22H,2,4,6,10,13-14H2,1H3,(H,23,24);2*1H. The van der Waals surface area contributed by atoms with Crippen molar-refractivity contribution < 1.29 is 14.3 Å². The van der Waals surface area contributed by atoms with Gasteiger partial charge in [0, 0.05) is 36.1 Å². The lowest BCUT2D eigenvalue weighted by molar-refractivity contribution is 0.0930. The molecule has 1 atom stereocenters. The van der Waals surface area contributed by atoms with Crippen LogP contribution in [-0.2, 0) is 6.61 Å². The number of halogens is 2. The van der Waals surface area contributed by atoms with E-state index in [0.717, 1.165) is 31.5 Å². The van der Waals surface area contributed by atoms with Crippen molar-refractivity contribution in [3.8, 4) is 11.5 Å². The normalized spacial score (nSPS) is 15.5. The molecule has 1 aliphatic rings. The molecule has 2 N–H and O–H groups in total. The van der Waals surface area contributed by atoms with Crippen LogP contribution in [0.5, 0.6) is 11.5 Å². The predicted octanol–water partition coefficient (Wildman–Crippen LogP) is 3.38. The van der Waals surface area contributed by atoms with Gasteiger partial charge in [0.2, 0.25) is 0 Å². The Kier molecular flexibility index (Phi) is 10.7. The van der Waals surface area contributed by atoms with Gasteiger partial charge in [0.1, 0.15) is 6.61 Å². The zero-order chi connectivity index (χ0) is 18.2. The molecule has 1 saturated heterocycles. The maximum absolute atomic E-state index is 12.5. The molecule has 28 heavy (non-hydrogen) atoms. The van der Waals surface area contributed by atoms with E-state index in [4.69, 9.17) is 9.47 Å². The van der Waals surface area contributed by atoms with Gasteiger partial charge in [-0.05, 0) is 50.6 Å². The van der Waals surface area contributed by atoms with E-state index in [0.29, 0.717) is 30.3 Å². The molecule has 1 amide bonds. The molecule has 2 heterocycles. The van der Waals surface area contributed by atoms with Crippen LogP contribution in [0.1, 0.15) is 35.7 Å². The van der Waals surface area contributed by atoms with Gasteiger partial charge in [0.05, 0.1) is 6.61 Å². The number of hydrogen-bond acceptors (Lipinski definition) is 5. The molecule has 0 bridgehead atoms. The smallest absolute Gasteiger partial charge is 0.251 e. The molecule has 8 heteroatoms. The summed E-state index contributed by atoms with van der Waals surface area (Å²) in [5.74, 6) is 1.11. The van der Waals surface area contributed by atoms with Crippen molar-refractivity contribution in [2.75, 3.05) is 19.7 Å². The Morgan fingerprint density at radius 3 is 2.79 bits per heavy atom. The quantitative estimate of drug-likeness (QED) is 0.708. The van der Waals surface area contributed by atoms with Crippen molar-refractivity contribution in [3.05, 3.63) is 53.9 Å². The van der Waals surface area contributed by atoms with E-state index in [1.807, 2.05) is 19.1 Å². The first kappa shape index (κ1) is 24.0. The van der Waals surface area contributed by atoms with Crippen LogP contribution in [0.2, 0.25) is 0 Å². The Hall–Kier alpha value is -2.02. The average molecular weight is 428 g/mol. The highest BCUT2D eigenvalue weighted by Crippen LogP contribution is 2.29. The zero-order valence-electron chi connectivity index (χ0n) is 15.8. The first-order chi connectivity index (χ1) is 12.8.